The Kier molecular flexibility index (Phi) is 6.48. The molecule has 0 aliphatic heterocycles. The smallest absolute Gasteiger partial charge is 0.306 e. The minimum absolute atomic E-state index is 0.109. The molecule has 0 aliphatic rings. The van der Waals surface area contributed by atoms with Crippen LogP contribution >= 0.6 is 11.8 Å². The van der Waals surface area contributed by atoms with Crippen LogP contribution in [-0.2, 0) is 15.3 Å². The summed E-state index contributed by atoms with van der Waals surface area (Å²) in [5.41, 5.74) is 2.40. The average Bonchev–Trinajstić information content (AvgIpc) is 2.36. The third-order valence-corrected chi connectivity index (χ3v) is 3.27. The summed E-state index contributed by atoms with van der Waals surface area (Å²) < 4.78 is 4.86. The monoisotopic (exact) mass is 250 g/mol. The summed E-state index contributed by atoms with van der Waals surface area (Å²) in [6.07, 6.45) is 2.32. The van der Waals surface area contributed by atoms with Crippen molar-refractivity contribution in [2.75, 3.05) is 12.4 Å². The van der Waals surface area contributed by atoms with E-state index >= 15 is 0 Å². The van der Waals surface area contributed by atoms with Gasteiger partial charge in [0.05, 0.1) is 13.0 Å². The van der Waals surface area contributed by atoms with Crippen LogP contribution in [0.1, 0.15) is 24.5 Å². The number of ether oxygens (including phenoxy) is 1. The molecule has 0 radical (unpaired) electrons. The third kappa shape index (κ3) is 5.59. The highest BCUT2D eigenvalue weighted by Crippen LogP contribution is 2.14. The lowest BCUT2D eigenvalue weighted by Crippen LogP contribution is -2.04. The number of benzene rings is 1. The minimum atomic E-state index is -0.109. The first-order chi connectivity index (χ1) is 8.26. The van der Waals surface area contributed by atoms with Crippen LogP contribution in [0.5, 0.6) is 0 Å². The predicted octanol–water partition coefficient (Wildman–Crippen LogP) is 3.52. The second-order valence-corrected chi connectivity index (χ2v) is 4.66. The minimum Gasteiger partial charge on any atom is -0.466 e. The first kappa shape index (κ1) is 13.8. The summed E-state index contributed by atoms with van der Waals surface area (Å²) in [6, 6.07) is 8.28. The Morgan fingerprint density at radius 2 is 2.12 bits per heavy atom. The Labute approximate surface area is 107 Å². The quantitative estimate of drug-likeness (QED) is 0.547. The molecule has 0 fully saturated rings. The van der Waals surface area contributed by atoms with Gasteiger partial charge >= 0.3 is 5.97 Å². The van der Waals surface area contributed by atoms with Crippen LogP contribution in [0.15, 0.2) is 30.8 Å². The molecule has 2 nitrogen and oxygen atoms in total. The molecule has 0 saturated heterocycles. The summed E-state index contributed by atoms with van der Waals surface area (Å²) in [5.74, 6) is 1.63. The van der Waals surface area contributed by atoms with E-state index in [-0.39, 0.29) is 5.97 Å². The van der Waals surface area contributed by atoms with Gasteiger partial charge in [-0.3, -0.25) is 4.79 Å². The van der Waals surface area contributed by atoms with Gasteiger partial charge in [-0.1, -0.05) is 36.9 Å². The summed E-state index contributed by atoms with van der Waals surface area (Å²) >= 11 is 1.75. The van der Waals surface area contributed by atoms with Gasteiger partial charge in [-0.2, -0.15) is 11.8 Å². The third-order valence-electron chi connectivity index (χ3n) is 2.24. The Balaban J connectivity index is 2.21. The van der Waals surface area contributed by atoms with E-state index in [2.05, 4.69) is 18.7 Å². The van der Waals surface area contributed by atoms with Crippen molar-refractivity contribution < 1.29 is 9.53 Å². The number of hydrogen-bond donors (Lipinski definition) is 0. The Morgan fingerprint density at radius 1 is 1.41 bits per heavy atom. The van der Waals surface area contributed by atoms with Gasteiger partial charge in [-0.15, -0.1) is 0 Å². The molecule has 3 heteroatoms. The fourth-order valence-corrected chi connectivity index (χ4v) is 2.21. The molecule has 0 atom stereocenters. The first-order valence-electron chi connectivity index (χ1n) is 5.71. The number of carbonyl (C=O) groups excluding carboxylic acids is 1. The lowest BCUT2D eigenvalue weighted by Gasteiger charge is -2.03. The molecular formula is C14H18O2S. The zero-order valence-corrected chi connectivity index (χ0v) is 11.0. The SMILES string of the molecule is C=Cc1ccc(CSCCC(=O)OCC)cc1. The lowest BCUT2D eigenvalue weighted by atomic mass is 10.1. The molecular weight excluding hydrogens is 232 g/mol. The van der Waals surface area contributed by atoms with E-state index in [4.69, 9.17) is 4.74 Å². The number of esters is 1. The maximum atomic E-state index is 11.1. The number of thioether (sulfide) groups is 1. The van der Waals surface area contributed by atoms with Gasteiger partial charge < -0.3 is 4.74 Å². The molecule has 0 heterocycles. The van der Waals surface area contributed by atoms with Crippen LogP contribution in [0.3, 0.4) is 0 Å². The zero-order valence-electron chi connectivity index (χ0n) is 10.1. The van der Waals surface area contributed by atoms with E-state index in [1.807, 2.05) is 25.1 Å². The van der Waals surface area contributed by atoms with Crippen molar-refractivity contribution in [2.24, 2.45) is 0 Å². The number of carbonyl (C=O) groups is 1. The molecule has 0 unspecified atom stereocenters. The highest BCUT2D eigenvalue weighted by atomic mass is 32.2. The Bertz CT molecular complexity index is 357. The van der Waals surface area contributed by atoms with E-state index in [0.717, 1.165) is 17.1 Å². The topological polar surface area (TPSA) is 26.3 Å². The molecule has 0 N–H and O–H groups in total. The Morgan fingerprint density at radius 3 is 2.71 bits per heavy atom. The van der Waals surface area contributed by atoms with Crippen LogP contribution < -0.4 is 0 Å². The molecule has 0 bridgehead atoms. The van der Waals surface area contributed by atoms with Gasteiger partial charge in [0.1, 0.15) is 0 Å². The second kappa shape index (κ2) is 7.96. The fourth-order valence-electron chi connectivity index (χ4n) is 1.33. The summed E-state index contributed by atoms with van der Waals surface area (Å²) in [7, 11) is 0. The molecule has 0 saturated carbocycles. The van der Waals surface area contributed by atoms with Crippen LogP contribution in [0.25, 0.3) is 6.08 Å². The molecule has 1 rings (SSSR count). The lowest BCUT2D eigenvalue weighted by molar-refractivity contribution is -0.142. The standard InChI is InChI=1S/C14H18O2S/c1-3-12-5-7-13(8-6-12)11-17-10-9-14(15)16-4-2/h3,5-8H,1,4,9-11H2,2H3. The fraction of sp³-hybridized carbons (Fsp3) is 0.357. The molecule has 1 aromatic rings. The van der Waals surface area contributed by atoms with Crippen LogP contribution in [-0.4, -0.2) is 18.3 Å². The average molecular weight is 250 g/mol. The van der Waals surface area contributed by atoms with Crippen molar-refractivity contribution in [2.45, 2.75) is 19.1 Å². The zero-order chi connectivity index (χ0) is 12.5. The largest absolute Gasteiger partial charge is 0.466 e. The summed E-state index contributed by atoms with van der Waals surface area (Å²) in [5, 5.41) is 0. The maximum absolute atomic E-state index is 11.1. The van der Waals surface area contributed by atoms with Gasteiger partial charge in [0.15, 0.2) is 0 Å². The summed E-state index contributed by atoms with van der Waals surface area (Å²) in [6.45, 7) is 6.01. The van der Waals surface area contributed by atoms with Crippen LogP contribution in [0.4, 0.5) is 0 Å². The van der Waals surface area contributed by atoms with E-state index in [1.54, 1.807) is 11.8 Å². The van der Waals surface area contributed by atoms with Crippen molar-refractivity contribution in [1.82, 2.24) is 0 Å². The van der Waals surface area contributed by atoms with Crippen molar-refractivity contribution >= 4 is 23.8 Å². The van der Waals surface area contributed by atoms with Crippen LogP contribution in [0, 0.1) is 0 Å². The number of rotatable bonds is 7. The second-order valence-electron chi connectivity index (χ2n) is 3.55. The van der Waals surface area contributed by atoms with E-state index in [9.17, 15) is 4.79 Å². The van der Waals surface area contributed by atoms with Crippen LogP contribution in [0.2, 0.25) is 0 Å². The van der Waals surface area contributed by atoms with Crippen molar-refractivity contribution in [3.05, 3.63) is 42.0 Å². The van der Waals surface area contributed by atoms with Gasteiger partial charge in [0, 0.05) is 11.5 Å². The highest BCUT2D eigenvalue weighted by Gasteiger charge is 2.01. The van der Waals surface area contributed by atoms with Gasteiger partial charge in [-0.05, 0) is 18.1 Å². The molecule has 0 aromatic heterocycles. The van der Waals surface area contributed by atoms with E-state index < -0.39 is 0 Å². The van der Waals surface area contributed by atoms with Crippen molar-refractivity contribution in [1.29, 1.82) is 0 Å². The Hall–Kier alpha value is -1.22. The van der Waals surface area contributed by atoms with E-state index in [1.165, 1.54) is 5.56 Å². The van der Waals surface area contributed by atoms with Gasteiger partial charge in [-0.25, -0.2) is 0 Å². The highest BCUT2D eigenvalue weighted by molar-refractivity contribution is 7.98. The maximum Gasteiger partial charge on any atom is 0.306 e. The number of hydrogen-bond acceptors (Lipinski definition) is 3. The normalized spacial score (nSPS) is 9.94. The molecule has 0 amide bonds. The first-order valence-corrected chi connectivity index (χ1v) is 6.86. The predicted molar refractivity (Wildman–Crippen MR) is 73.9 cm³/mol. The summed E-state index contributed by atoms with van der Waals surface area (Å²) in [4.78, 5) is 11.1. The molecule has 1 aromatic carbocycles. The van der Waals surface area contributed by atoms with Gasteiger partial charge in [0.25, 0.3) is 0 Å². The van der Waals surface area contributed by atoms with Crippen molar-refractivity contribution in [3.63, 3.8) is 0 Å². The van der Waals surface area contributed by atoms with Crippen molar-refractivity contribution in [3.8, 4) is 0 Å². The molecule has 0 spiro atoms. The molecule has 92 valence electrons. The van der Waals surface area contributed by atoms with Gasteiger partial charge in [0.2, 0.25) is 0 Å². The van der Waals surface area contributed by atoms with E-state index in [0.29, 0.717) is 13.0 Å². The molecule has 0 aliphatic carbocycles. The molecule has 17 heavy (non-hydrogen) atoms.